The van der Waals surface area contributed by atoms with Crippen LogP contribution in [-0.4, -0.2) is 56.7 Å². The Labute approximate surface area is 206 Å². The van der Waals surface area contributed by atoms with E-state index in [-0.39, 0.29) is 11.6 Å². The number of halogens is 1. The van der Waals surface area contributed by atoms with E-state index in [0.29, 0.717) is 48.1 Å². The highest BCUT2D eigenvalue weighted by Gasteiger charge is 2.29. The lowest BCUT2D eigenvalue weighted by atomic mass is 10.1. The fourth-order valence-corrected chi connectivity index (χ4v) is 4.36. The molecule has 0 aliphatic carbocycles. The number of carbonyl (C=O) groups excluding carboxylic acids is 1. The molecule has 0 atom stereocenters. The van der Waals surface area contributed by atoms with Gasteiger partial charge >= 0.3 is 0 Å². The molecule has 1 fully saturated rings. The van der Waals surface area contributed by atoms with Gasteiger partial charge in [0.05, 0.1) is 16.2 Å². The molecule has 2 aromatic carbocycles. The summed E-state index contributed by atoms with van der Waals surface area (Å²) in [6.07, 6.45) is 5.11. The number of piperazine rings is 1. The van der Waals surface area contributed by atoms with Crippen molar-refractivity contribution >= 4 is 28.9 Å². The molecule has 35 heavy (non-hydrogen) atoms. The molecule has 0 spiro atoms. The zero-order valence-electron chi connectivity index (χ0n) is 18.6. The van der Waals surface area contributed by atoms with Crippen molar-refractivity contribution in [3.05, 3.63) is 100.0 Å². The van der Waals surface area contributed by atoms with Gasteiger partial charge in [0, 0.05) is 61.4 Å². The maximum Gasteiger partial charge on any atom is 0.294 e. The number of anilines is 1. The van der Waals surface area contributed by atoms with Gasteiger partial charge in [-0.1, -0.05) is 29.8 Å². The number of rotatable bonds is 5. The van der Waals surface area contributed by atoms with Gasteiger partial charge in [-0.25, -0.2) is 4.68 Å². The van der Waals surface area contributed by atoms with Gasteiger partial charge in [0.15, 0.2) is 0 Å². The molecule has 4 aromatic rings. The van der Waals surface area contributed by atoms with E-state index in [4.69, 9.17) is 16.7 Å². The van der Waals surface area contributed by atoms with Crippen molar-refractivity contribution < 1.29 is 9.72 Å². The largest absolute Gasteiger partial charge is 0.362 e. The molecule has 176 valence electrons. The van der Waals surface area contributed by atoms with E-state index in [1.807, 2.05) is 47.4 Å². The first-order valence-corrected chi connectivity index (χ1v) is 11.4. The molecule has 2 aromatic heterocycles. The molecule has 0 N–H and O–H groups in total. The first kappa shape index (κ1) is 22.5. The van der Waals surface area contributed by atoms with Crippen molar-refractivity contribution in [2.45, 2.75) is 0 Å². The molecule has 0 saturated carbocycles. The van der Waals surface area contributed by atoms with Crippen LogP contribution >= 0.6 is 11.6 Å². The SMILES string of the molecule is O=C(c1cn(-c2ccccc2)nc1-c1cccnc1)N1CCN(c2ccc(Cl)cc2[N+](=O)[O-])CC1. The van der Waals surface area contributed by atoms with Crippen molar-refractivity contribution in [2.75, 3.05) is 31.1 Å². The molecule has 3 heterocycles. The van der Waals surface area contributed by atoms with Crippen LogP contribution in [0.2, 0.25) is 5.02 Å². The first-order valence-electron chi connectivity index (χ1n) is 11.0. The van der Waals surface area contributed by atoms with Crippen LogP contribution in [0.1, 0.15) is 10.4 Å². The second-order valence-electron chi connectivity index (χ2n) is 8.08. The number of para-hydroxylation sites is 1. The molecule has 0 unspecified atom stereocenters. The maximum absolute atomic E-state index is 13.6. The standard InChI is InChI=1S/C25H21ClN6O3/c26-19-8-9-22(23(15-19)32(34)35)29-11-13-30(14-12-29)25(33)21-17-31(20-6-2-1-3-7-20)28-24(21)18-5-4-10-27-16-18/h1-10,15-17H,11-14H2. The number of nitro benzene ring substituents is 1. The van der Waals surface area contributed by atoms with Crippen LogP contribution in [0.15, 0.2) is 79.3 Å². The average molecular weight is 489 g/mol. The Bertz CT molecular complexity index is 1370. The Hall–Kier alpha value is -4.24. The first-order chi connectivity index (χ1) is 17.0. The van der Waals surface area contributed by atoms with E-state index in [1.165, 1.54) is 6.07 Å². The summed E-state index contributed by atoms with van der Waals surface area (Å²) in [4.78, 5) is 32.5. The molecule has 5 rings (SSSR count). The van der Waals surface area contributed by atoms with Crippen molar-refractivity contribution in [1.29, 1.82) is 0 Å². The summed E-state index contributed by atoms with van der Waals surface area (Å²) in [5.41, 5.74) is 3.09. The van der Waals surface area contributed by atoms with Crippen LogP contribution in [0, 0.1) is 10.1 Å². The number of hydrogen-bond acceptors (Lipinski definition) is 6. The number of pyridine rings is 1. The quantitative estimate of drug-likeness (QED) is 0.304. The third-order valence-electron chi connectivity index (χ3n) is 5.94. The Kier molecular flexibility index (Phi) is 6.15. The zero-order valence-corrected chi connectivity index (χ0v) is 19.4. The fraction of sp³-hybridized carbons (Fsp3) is 0.160. The smallest absolute Gasteiger partial charge is 0.294 e. The maximum atomic E-state index is 13.6. The number of amides is 1. The van der Waals surface area contributed by atoms with E-state index >= 15 is 0 Å². The van der Waals surface area contributed by atoms with Crippen LogP contribution in [0.25, 0.3) is 16.9 Å². The minimum Gasteiger partial charge on any atom is -0.362 e. The lowest BCUT2D eigenvalue weighted by Crippen LogP contribution is -2.49. The number of nitro groups is 1. The van der Waals surface area contributed by atoms with Gasteiger partial charge in [-0.3, -0.25) is 19.9 Å². The molecule has 1 saturated heterocycles. The summed E-state index contributed by atoms with van der Waals surface area (Å²) in [6, 6.07) is 17.9. The normalized spacial score (nSPS) is 13.6. The molecule has 10 heteroatoms. The van der Waals surface area contributed by atoms with Crippen LogP contribution in [0.4, 0.5) is 11.4 Å². The highest BCUT2D eigenvalue weighted by atomic mass is 35.5. The van der Waals surface area contributed by atoms with Crippen molar-refractivity contribution in [3.8, 4) is 16.9 Å². The third-order valence-corrected chi connectivity index (χ3v) is 6.18. The van der Waals surface area contributed by atoms with Crippen LogP contribution < -0.4 is 4.90 Å². The van der Waals surface area contributed by atoms with Gasteiger partial charge in [-0.05, 0) is 36.4 Å². The highest BCUT2D eigenvalue weighted by Crippen LogP contribution is 2.32. The Morgan fingerprint density at radius 3 is 2.46 bits per heavy atom. The minimum atomic E-state index is -0.434. The third kappa shape index (κ3) is 4.58. The number of hydrogen-bond donors (Lipinski definition) is 0. The lowest BCUT2D eigenvalue weighted by Gasteiger charge is -2.35. The topological polar surface area (TPSA) is 97.4 Å². The Morgan fingerprint density at radius 2 is 1.77 bits per heavy atom. The van der Waals surface area contributed by atoms with Crippen molar-refractivity contribution in [1.82, 2.24) is 19.7 Å². The van der Waals surface area contributed by atoms with Crippen LogP contribution in [-0.2, 0) is 0 Å². The second kappa shape index (κ2) is 9.55. The zero-order chi connectivity index (χ0) is 24.4. The van der Waals surface area contributed by atoms with E-state index in [9.17, 15) is 14.9 Å². The Balaban J connectivity index is 1.41. The van der Waals surface area contributed by atoms with E-state index in [1.54, 1.807) is 40.3 Å². The van der Waals surface area contributed by atoms with Gasteiger partial charge < -0.3 is 9.80 Å². The summed E-state index contributed by atoms with van der Waals surface area (Å²) < 4.78 is 1.70. The molecule has 1 aliphatic heterocycles. The van der Waals surface area contributed by atoms with Gasteiger partial charge in [0.1, 0.15) is 11.4 Å². The summed E-state index contributed by atoms with van der Waals surface area (Å²) in [6.45, 7) is 1.76. The van der Waals surface area contributed by atoms with E-state index in [2.05, 4.69) is 4.98 Å². The molecule has 1 aliphatic rings. The average Bonchev–Trinajstić information content (AvgIpc) is 3.35. The summed E-state index contributed by atoms with van der Waals surface area (Å²) >= 11 is 5.96. The number of benzene rings is 2. The predicted molar refractivity (Wildman–Crippen MR) is 133 cm³/mol. The predicted octanol–water partition coefficient (Wildman–Crippen LogP) is 4.46. The monoisotopic (exact) mass is 488 g/mol. The van der Waals surface area contributed by atoms with Crippen LogP contribution in [0.5, 0.6) is 0 Å². The lowest BCUT2D eigenvalue weighted by molar-refractivity contribution is -0.384. The molecular formula is C25H21ClN6O3. The fourth-order valence-electron chi connectivity index (χ4n) is 4.19. The highest BCUT2D eigenvalue weighted by molar-refractivity contribution is 6.30. The molecule has 0 bridgehead atoms. The molecule has 0 radical (unpaired) electrons. The van der Waals surface area contributed by atoms with Crippen molar-refractivity contribution in [2.24, 2.45) is 0 Å². The van der Waals surface area contributed by atoms with Crippen molar-refractivity contribution in [3.63, 3.8) is 0 Å². The number of carbonyl (C=O) groups is 1. The Morgan fingerprint density at radius 1 is 1.00 bits per heavy atom. The van der Waals surface area contributed by atoms with Gasteiger partial charge in [-0.15, -0.1) is 0 Å². The van der Waals surface area contributed by atoms with E-state index in [0.717, 1.165) is 11.3 Å². The van der Waals surface area contributed by atoms with Gasteiger partial charge in [0.2, 0.25) is 0 Å². The number of aromatic nitrogens is 3. The molecular weight excluding hydrogens is 468 g/mol. The van der Waals surface area contributed by atoms with E-state index < -0.39 is 4.92 Å². The summed E-state index contributed by atoms with van der Waals surface area (Å²) in [5, 5.41) is 16.5. The second-order valence-corrected chi connectivity index (χ2v) is 8.52. The number of nitrogens with zero attached hydrogens (tertiary/aromatic N) is 6. The molecule has 1 amide bonds. The minimum absolute atomic E-state index is 0.0414. The summed E-state index contributed by atoms with van der Waals surface area (Å²) in [5.74, 6) is -0.142. The van der Waals surface area contributed by atoms with Gasteiger partial charge in [0.25, 0.3) is 11.6 Å². The molecule has 9 nitrogen and oxygen atoms in total. The van der Waals surface area contributed by atoms with Crippen LogP contribution in [0.3, 0.4) is 0 Å². The van der Waals surface area contributed by atoms with Gasteiger partial charge in [-0.2, -0.15) is 5.10 Å². The summed E-state index contributed by atoms with van der Waals surface area (Å²) in [7, 11) is 0.